The van der Waals surface area contributed by atoms with Gasteiger partial charge in [0.15, 0.2) is 0 Å². The van der Waals surface area contributed by atoms with E-state index in [1.165, 1.54) is 12.1 Å². The summed E-state index contributed by atoms with van der Waals surface area (Å²) in [5.41, 5.74) is 2.08. The number of hydrogen-bond donors (Lipinski definition) is 1. The molecular formula is C25H26F3N5O3S. The molecule has 0 radical (unpaired) electrons. The molecule has 0 spiro atoms. The highest BCUT2D eigenvalue weighted by Gasteiger charge is 2.30. The Morgan fingerprint density at radius 1 is 1.11 bits per heavy atom. The number of nitrogens with one attached hydrogen (secondary N) is 1. The van der Waals surface area contributed by atoms with Crippen LogP contribution in [0.25, 0.3) is 0 Å². The summed E-state index contributed by atoms with van der Waals surface area (Å²) < 4.78 is 65.3. The Bertz CT molecular complexity index is 1350. The molecule has 37 heavy (non-hydrogen) atoms. The number of sulfonamides is 1. The standard InChI is InChI=1S/C25H26F3N5O3S/c1-2-37(35,36)29-14-20-11-12-32(15-20)24(34)21-7-3-19(4-8-21)16-33-17-23(30-31-33)13-18-5-9-22(10-6-18)25(26,27)28/h2-10,17,20,29H,1,11-16H2/t20-/m1/s1. The Kier molecular flexibility index (Phi) is 7.79. The Hall–Kier alpha value is -3.51. The molecule has 1 aliphatic rings. The largest absolute Gasteiger partial charge is 0.416 e. The molecule has 1 fully saturated rings. The normalized spacial score (nSPS) is 16.2. The summed E-state index contributed by atoms with van der Waals surface area (Å²) in [6.07, 6.45) is -1.56. The van der Waals surface area contributed by atoms with Gasteiger partial charge in [0, 0.05) is 43.2 Å². The van der Waals surface area contributed by atoms with Crippen LogP contribution in [-0.4, -0.2) is 53.9 Å². The average Bonchev–Trinajstić information content (AvgIpc) is 3.52. The van der Waals surface area contributed by atoms with Gasteiger partial charge in [0.2, 0.25) is 10.0 Å². The van der Waals surface area contributed by atoms with Gasteiger partial charge in [0.1, 0.15) is 0 Å². The number of alkyl halides is 3. The fourth-order valence-corrected chi connectivity index (χ4v) is 4.70. The number of amides is 1. The number of benzene rings is 2. The monoisotopic (exact) mass is 533 g/mol. The predicted molar refractivity (Wildman–Crippen MR) is 131 cm³/mol. The number of aromatic nitrogens is 3. The van der Waals surface area contributed by atoms with Crippen LogP contribution in [0.3, 0.4) is 0 Å². The maximum atomic E-state index is 12.9. The number of carbonyl (C=O) groups excluding carboxylic acids is 1. The maximum Gasteiger partial charge on any atom is 0.416 e. The molecule has 4 rings (SSSR count). The molecule has 1 aliphatic heterocycles. The lowest BCUT2D eigenvalue weighted by atomic mass is 10.1. The number of hydrogen-bond acceptors (Lipinski definition) is 5. The Morgan fingerprint density at radius 2 is 1.78 bits per heavy atom. The molecule has 1 amide bonds. The third-order valence-electron chi connectivity index (χ3n) is 6.16. The van der Waals surface area contributed by atoms with Gasteiger partial charge in [0.25, 0.3) is 5.91 Å². The quantitative estimate of drug-likeness (QED) is 0.455. The molecule has 2 heterocycles. The van der Waals surface area contributed by atoms with Gasteiger partial charge in [-0.05, 0) is 47.7 Å². The molecule has 0 bridgehead atoms. The molecule has 196 valence electrons. The van der Waals surface area contributed by atoms with Crippen molar-refractivity contribution in [2.45, 2.75) is 25.6 Å². The zero-order valence-corrected chi connectivity index (χ0v) is 20.7. The number of rotatable bonds is 9. The first-order valence-corrected chi connectivity index (χ1v) is 13.1. The first-order chi connectivity index (χ1) is 17.5. The molecular weight excluding hydrogens is 507 g/mol. The summed E-state index contributed by atoms with van der Waals surface area (Å²) in [6.45, 7) is 4.98. The average molecular weight is 534 g/mol. The van der Waals surface area contributed by atoms with Gasteiger partial charge in [-0.1, -0.05) is 36.1 Å². The third kappa shape index (κ3) is 7.04. The van der Waals surface area contributed by atoms with E-state index in [1.54, 1.807) is 27.9 Å². The van der Waals surface area contributed by atoms with Crippen molar-refractivity contribution in [3.05, 3.63) is 94.7 Å². The SMILES string of the molecule is C=CS(=O)(=O)NC[C@H]1CCN(C(=O)c2ccc(Cn3cc(Cc4ccc(C(F)(F)F)cc4)nn3)cc2)C1. The third-order valence-corrected chi connectivity index (χ3v) is 7.17. The van der Waals surface area contributed by atoms with Gasteiger partial charge in [-0.25, -0.2) is 17.8 Å². The summed E-state index contributed by atoms with van der Waals surface area (Å²) >= 11 is 0. The molecule has 0 aliphatic carbocycles. The van der Waals surface area contributed by atoms with Crippen LogP contribution in [0.15, 0.2) is 66.7 Å². The van der Waals surface area contributed by atoms with Crippen molar-refractivity contribution in [2.24, 2.45) is 5.92 Å². The van der Waals surface area contributed by atoms with E-state index in [0.717, 1.165) is 23.1 Å². The number of carbonyl (C=O) groups is 1. The van der Waals surface area contributed by atoms with Crippen molar-refractivity contribution in [3.63, 3.8) is 0 Å². The predicted octanol–water partition coefficient (Wildman–Crippen LogP) is 3.46. The lowest BCUT2D eigenvalue weighted by Crippen LogP contribution is -2.32. The second-order valence-corrected chi connectivity index (χ2v) is 10.7. The molecule has 3 aromatic rings. The van der Waals surface area contributed by atoms with E-state index in [2.05, 4.69) is 21.6 Å². The van der Waals surface area contributed by atoms with Crippen LogP contribution >= 0.6 is 0 Å². The lowest BCUT2D eigenvalue weighted by Gasteiger charge is -2.17. The van der Waals surface area contributed by atoms with Crippen molar-refractivity contribution in [1.82, 2.24) is 24.6 Å². The highest BCUT2D eigenvalue weighted by Crippen LogP contribution is 2.29. The molecule has 1 atom stereocenters. The van der Waals surface area contributed by atoms with E-state index in [-0.39, 0.29) is 18.4 Å². The van der Waals surface area contributed by atoms with E-state index in [1.807, 2.05) is 12.1 Å². The van der Waals surface area contributed by atoms with Crippen LogP contribution in [-0.2, 0) is 29.2 Å². The molecule has 12 heteroatoms. The van der Waals surface area contributed by atoms with Crippen molar-refractivity contribution >= 4 is 15.9 Å². The zero-order valence-electron chi connectivity index (χ0n) is 19.9. The molecule has 1 N–H and O–H groups in total. The van der Waals surface area contributed by atoms with Gasteiger partial charge in [-0.3, -0.25) is 4.79 Å². The van der Waals surface area contributed by atoms with Gasteiger partial charge < -0.3 is 4.90 Å². The van der Waals surface area contributed by atoms with E-state index in [4.69, 9.17) is 0 Å². The second-order valence-electron chi connectivity index (χ2n) is 8.94. The summed E-state index contributed by atoms with van der Waals surface area (Å²) in [4.78, 5) is 14.6. The smallest absolute Gasteiger partial charge is 0.338 e. The molecule has 1 saturated heterocycles. The van der Waals surface area contributed by atoms with Crippen molar-refractivity contribution < 1.29 is 26.4 Å². The Morgan fingerprint density at radius 3 is 2.43 bits per heavy atom. The van der Waals surface area contributed by atoms with Gasteiger partial charge in [-0.15, -0.1) is 5.10 Å². The van der Waals surface area contributed by atoms with Crippen LogP contribution in [0.1, 0.15) is 39.2 Å². The summed E-state index contributed by atoms with van der Waals surface area (Å²) in [5.74, 6) is -0.0674. The summed E-state index contributed by atoms with van der Waals surface area (Å²) in [7, 11) is -3.49. The van der Waals surface area contributed by atoms with E-state index in [0.29, 0.717) is 49.3 Å². The number of nitrogens with zero attached hydrogens (tertiary/aromatic N) is 4. The van der Waals surface area contributed by atoms with E-state index < -0.39 is 21.8 Å². The van der Waals surface area contributed by atoms with Gasteiger partial charge in [-0.2, -0.15) is 13.2 Å². The van der Waals surface area contributed by atoms with Crippen LogP contribution in [0, 0.1) is 5.92 Å². The Balaban J connectivity index is 1.30. The highest BCUT2D eigenvalue weighted by atomic mass is 32.2. The van der Waals surface area contributed by atoms with Gasteiger partial charge >= 0.3 is 6.18 Å². The van der Waals surface area contributed by atoms with Crippen LogP contribution < -0.4 is 4.72 Å². The van der Waals surface area contributed by atoms with Crippen molar-refractivity contribution in [2.75, 3.05) is 19.6 Å². The van der Waals surface area contributed by atoms with Crippen LogP contribution in [0.5, 0.6) is 0 Å². The summed E-state index contributed by atoms with van der Waals surface area (Å²) in [5, 5.41) is 9.06. The number of halogens is 3. The zero-order chi connectivity index (χ0) is 26.6. The van der Waals surface area contributed by atoms with E-state index >= 15 is 0 Å². The van der Waals surface area contributed by atoms with Crippen molar-refractivity contribution in [3.8, 4) is 0 Å². The Labute approximate surface area is 212 Å². The molecule has 0 saturated carbocycles. The van der Waals surface area contributed by atoms with Crippen LogP contribution in [0.2, 0.25) is 0 Å². The minimum absolute atomic E-state index is 0.0436. The van der Waals surface area contributed by atoms with Crippen LogP contribution in [0.4, 0.5) is 13.2 Å². The van der Waals surface area contributed by atoms with Gasteiger partial charge in [0.05, 0.1) is 17.8 Å². The minimum atomic E-state index is -4.37. The van der Waals surface area contributed by atoms with E-state index in [9.17, 15) is 26.4 Å². The first kappa shape index (κ1) is 26.6. The second kappa shape index (κ2) is 10.9. The fourth-order valence-electron chi connectivity index (χ4n) is 4.12. The molecule has 8 nitrogen and oxygen atoms in total. The summed E-state index contributed by atoms with van der Waals surface area (Å²) in [6, 6.07) is 12.1. The maximum absolute atomic E-state index is 12.9. The first-order valence-electron chi connectivity index (χ1n) is 11.6. The molecule has 0 unspecified atom stereocenters. The highest BCUT2D eigenvalue weighted by molar-refractivity contribution is 7.92. The molecule has 2 aromatic carbocycles. The number of likely N-dealkylation sites (tertiary alicyclic amines) is 1. The minimum Gasteiger partial charge on any atom is -0.338 e. The molecule has 1 aromatic heterocycles. The fraction of sp³-hybridized carbons (Fsp3) is 0.320. The topological polar surface area (TPSA) is 97.2 Å². The van der Waals surface area contributed by atoms with Crippen molar-refractivity contribution in [1.29, 1.82) is 0 Å². The lowest BCUT2D eigenvalue weighted by molar-refractivity contribution is -0.137.